The van der Waals surface area contributed by atoms with Gasteiger partial charge in [-0.1, -0.05) is 29.8 Å². The lowest BCUT2D eigenvalue weighted by atomic mass is 10.1. The fraction of sp³-hybridized carbons (Fsp3) is 0.167. The van der Waals surface area contributed by atoms with Crippen LogP contribution in [0.1, 0.15) is 17.3 Å². The predicted molar refractivity (Wildman–Crippen MR) is 64.8 cm³/mol. The third-order valence-electron chi connectivity index (χ3n) is 2.27. The predicted octanol–water partition coefficient (Wildman–Crippen LogP) is 2.64. The van der Waals surface area contributed by atoms with E-state index in [-0.39, 0.29) is 5.91 Å². The van der Waals surface area contributed by atoms with E-state index >= 15 is 0 Å². The Hall–Kier alpha value is -1.61. The molecule has 0 spiro atoms. The maximum atomic E-state index is 11.8. The highest BCUT2D eigenvalue weighted by molar-refractivity contribution is 6.30. The summed E-state index contributed by atoms with van der Waals surface area (Å²) in [4.78, 5) is 16.0. The van der Waals surface area contributed by atoms with E-state index in [1.54, 1.807) is 6.07 Å². The Bertz CT molecular complexity index is 540. The number of nitrogens with one attached hydrogen (secondary N) is 1. The van der Waals surface area contributed by atoms with Gasteiger partial charge in [-0.25, -0.2) is 4.98 Å². The van der Waals surface area contributed by atoms with Crippen molar-refractivity contribution < 1.29 is 4.79 Å². The highest BCUT2D eigenvalue weighted by Gasteiger charge is 2.10. The number of hydrogen-bond acceptors (Lipinski definition) is 2. The first-order valence-electron chi connectivity index (χ1n) is 5.06. The number of rotatable bonds is 2. The van der Waals surface area contributed by atoms with Crippen molar-refractivity contribution in [1.29, 1.82) is 0 Å². The first-order chi connectivity index (χ1) is 7.72. The van der Waals surface area contributed by atoms with Crippen molar-refractivity contribution in [3.05, 3.63) is 41.0 Å². The van der Waals surface area contributed by atoms with Crippen LogP contribution in [0.15, 0.2) is 30.3 Å². The highest BCUT2D eigenvalue weighted by Crippen LogP contribution is 2.20. The van der Waals surface area contributed by atoms with Gasteiger partial charge in [0.1, 0.15) is 5.15 Å². The molecule has 0 saturated heterocycles. The molecule has 1 amide bonds. The van der Waals surface area contributed by atoms with E-state index in [9.17, 15) is 4.79 Å². The fourth-order valence-electron chi connectivity index (χ4n) is 1.59. The lowest BCUT2D eigenvalue weighted by Crippen LogP contribution is -2.23. The number of hydrogen-bond donors (Lipinski definition) is 1. The third-order valence-corrected chi connectivity index (χ3v) is 2.46. The molecule has 3 nitrogen and oxygen atoms in total. The van der Waals surface area contributed by atoms with Crippen LogP contribution in [0.4, 0.5) is 0 Å². The van der Waals surface area contributed by atoms with Crippen LogP contribution in [-0.4, -0.2) is 17.4 Å². The molecule has 1 N–H and O–H groups in total. The number of amides is 1. The van der Waals surface area contributed by atoms with Gasteiger partial charge in [0.25, 0.3) is 5.91 Å². The summed E-state index contributed by atoms with van der Waals surface area (Å²) in [7, 11) is 0. The zero-order valence-corrected chi connectivity index (χ0v) is 9.58. The normalized spacial score (nSPS) is 10.4. The minimum absolute atomic E-state index is 0.122. The molecule has 0 aliphatic carbocycles. The number of aromatic nitrogens is 1. The molecule has 0 radical (unpaired) electrons. The monoisotopic (exact) mass is 234 g/mol. The fourth-order valence-corrected chi connectivity index (χ4v) is 1.79. The maximum Gasteiger partial charge on any atom is 0.252 e. The molecule has 1 heterocycles. The molecule has 0 aliphatic heterocycles. The van der Waals surface area contributed by atoms with E-state index in [2.05, 4.69) is 10.3 Å². The smallest absolute Gasteiger partial charge is 0.252 e. The number of carbonyl (C=O) groups excluding carboxylic acids is 1. The lowest BCUT2D eigenvalue weighted by Gasteiger charge is -2.06. The van der Waals surface area contributed by atoms with Gasteiger partial charge in [-0.3, -0.25) is 4.79 Å². The average molecular weight is 235 g/mol. The summed E-state index contributed by atoms with van der Waals surface area (Å²) in [5.74, 6) is -0.122. The second kappa shape index (κ2) is 4.49. The number of para-hydroxylation sites is 1. The average Bonchev–Trinajstić information content (AvgIpc) is 2.28. The second-order valence-electron chi connectivity index (χ2n) is 3.37. The van der Waals surface area contributed by atoms with Gasteiger partial charge >= 0.3 is 0 Å². The van der Waals surface area contributed by atoms with E-state index in [1.165, 1.54) is 0 Å². The van der Waals surface area contributed by atoms with E-state index < -0.39 is 0 Å². The van der Waals surface area contributed by atoms with Gasteiger partial charge < -0.3 is 5.32 Å². The standard InChI is InChI=1S/C12H11ClN2O/c1-2-14-12(16)9-7-11(13)15-10-6-4-3-5-8(9)10/h3-7H,2H2,1H3,(H,14,16). The molecule has 16 heavy (non-hydrogen) atoms. The van der Waals surface area contributed by atoms with Gasteiger partial charge in [0.2, 0.25) is 0 Å². The molecule has 4 heteroatoms. The van der Waals surface area contributed by atoms with E-state index in [4.69, 9.17) is 11.6 Å². The SMILES string of the molecule is CCNC(=O)c1cc(Cl)nc2ccccc12. The maximum absolute atomic E-state index is 11.8. The van der Waals surface area contributed by atoms with Crippen molar-refractivity contribution in [2.24, 2.45) is 0 Å². The van der Waals surface area contributed by atoms with Crippen molar-refractivity contribution >= 4 is 28.4 Å². The summed E-state index contributed by atoms with van der Waals surface area (Å²) < 4.78 is 0. The van der Waals surface area contributed by atoms with Crippen LogP contribution in [0.2, 0.25) is 5.15 Å². The lowest BCUT2D eigenvalue weighted by molar-refractivity contribution is 0.0957. The number of pyridine rings is 1. The number of carbonyl (C=O) groups is 1. The Kier molecular flexibility index (Phi) is 3.06. The summed E-state index contributed by atoms with van der Waals surface area (Å²) in [5.41, 5.74) is 1.30. The zero-order valence-electron chi connectivity index (χ0n) is 8.83. The summed E-state index contributed by atoms with van der Waals surface area (Å²) in [5, 5.41) is 3.91. The van der Waals surface area contributed by atoms with Crippen LogP contribution in [0.5, 0.6) is 0 Å². The molecule has 0 fully saturated rings. The Morgan fingerprint density at radius 2 is 2.19 bits per heavy atom. The number of benzene rings is 1. The van der Waals surface area contributed by atoms with Crippen molar-refractivity contribution in [3.8, 4) is 0 Å². The van der Waals surface area contributed by atoms with Gasteiger partial charge in [-0.15, -0.1) is 0 Å². The molecule has 0 atom stereocenters. The topological polar surface area (TPSA) is 42.0 Å². The van der Waals surface area contributed by atoms with Crippen LogP contribution in [-0.2, 0) is 0 Å². The van der Waals surface area contributed by atoms with Crippen molar-refractivity contribution in [3.63, 3.8) is 0 Å². The van der Waals surface area contributed by atoms with Crippen molar-refractivity contribution in [2.45, 2.75) is 6.92 Å². The first-order valence-corrected chi connectivity index (χ1v) is 5.43. The number of halogens is 1. The zero-order chi connectivity index (χ0) is 11.5. The summed E-state index contributed by atoms with van der Waals surface area (Å²) >= 11 is 5.88. The molecule has 2 aromatic rings. The van der Waals surface area contributed by atoms with Crippen LogP contribution < -0.4 is 5.32 Å². The molecule has 1 aromatic carbocycles. The summed E-state index contributed by atoms with van der Waals surface area (Å²) in [6.07, 6.45) is 0. The van der Waals surface area contributed by atoms with Gasteiger partial charge in [0.05, 0.1) is 11.1 Å². The minimum Gasteiger partial charge on any atom is -0.352 e. The van der Waals surface area contributed by atoms with Crippen molar-refractivity contribution in [2.75, 3.05) is 6.54 Å². The largest absolute Gasteiger partial charge is 0.352 e. The molecule has 0 unspecified atom stereocenters. The van der Waals surface area contributed by atoms with Crippen molar-refractivity contribution in [1.82, 2.24) is 10.3 Å². The first kappa shape index (κ1) is 10.9. The molecule has 1 aromatic heterocycles. The minimum atomic E-state index is -0.122. The molecule has 0 aliphatic rings. The van der Waals surface area contributed by atoms with Crippen LogP contribution >= 0.6 is 11.6 Å². The number of nitrogens with zero attached hydrogens (tertiary/aromatic N) is 1. The molecule has 82 valence electrons. The molecule has 2 rings (SSSR count). The molecular weight excluding hydrogens is 224 g/mol. The van der Waals surface area contributed by atoms with Gasteiger partial charge in [-0.05, 0) is 19.1 Å². The molecule has 0 bridgehead atoms. The van der Waals surface area contributed by atoms with E-state index in [1.807, 2.05) is 31.2 Å². The molecular formula is C12H11ClN2O. The van der Waals surface area contributed by atoms with Crippen LogP contribution in [0, 0.1) is 0 Å². The van der Waals surface area contributed by atoms with Gasteiger partial charge in [-0.2, -0.15) is 0 Å². The van der Waals surface area contributed by atoms with Crippen LogP contribution in [0.25, 0.3) is 10.9 Å². The number of fused-ring (bicyclic) bond motifs is 1. The Balaban J connectivity index is 2.63. The Morgan fingerprint density at radius 1 is 1.44 bits per heavy atom. The Morgan fingerprint density at radius 3 is 2.94 bits per heavy atom. The highest BCUT2D eigenvalue weighted by atomic mass is 35.5. The second-order valence-corrected chi connectivity index (χ2v) is 3.76. The van der Waals surface area contributed by atoms with Gasteiger partial charge in [0, 0.05) is 11.9 Å². The summed E-state index contributed by atoms with van der Waals surface area (Å²) in [6, 6.07) is 9.04. The van der Waals surface area contributed by atoms with Gasteiger partial charge in [0.15, 0.2) is 0 Å². The quantitative estimate of drug-likeness (QED) is 0.812. The van der Waals surface area contributed by atoms with Crippen LogP contribution in [0.3, 0.4) is 0 Å². The molecule has 0 saturated carbocycles. The van der Waals surface area contributed by atoms with E-state index in [0.717, 1.165) is 10.9 Å². The summed E-state index contributed by atoms with van der Waals surface area (Å²) in [6.45, 7) is 2.47. The third kappa shape index (κ3) is 1.99. The Labute approximate surface area is 98.4 Å². The van der Waals surface area contributed by atoms with E-state index in [0.29, 0.717) is 17.3 Å².